The van der Waals surface area contributed by atoms with Gasteiger partial charge in [-0.25, -0.2) is 22.7 Å². The Labute approximate surface area is 84.4 Å². The van der Waals surface area contributed by atoms with Crippen molar-refractivity contribution >= 4 is 21.7 Å². The first-order chi connectivity index (χ1) is 6.73. The smallest absolute Gasteiger partial charge is 0.335 e. The lowest BCUT2D eigenvalue weighted by Crippen LogP contribution is -2.16. The number of aromatic carboxylic acids is 1. The fourth-order valence-corrected chi connectivity index (χ4v) is 1.61. The van der Waals surface area contributed by atoms with Crippen LogP contribution in [0.3, 0.4) is 0 Å². The van der Waals surface area contributed by atoms with Crippen LogP contribution < -0.4 is 10.9 Å². The zero-order valence-electron chi connectivity index (χ0n) is 7.27. The Morgan fingerprint density at radius 1 is 1.40 bits per heavy atom. The summed E-state index contributed by atoms with van der Waals surface area (Å²) in [6, 6.07) is 1.43. The molecule has 0 fully saturated rings. The number of hydrogen-bond donors (Lipinski definition) is 3. The van der Waals surface area contributed by atoms with Crippen LogP contribution in [0.2, 0.25) is 0 Å². The highest BCUT2D eigenvalue weighted by Gasteiger charge is 2.20. The number of anilines is 1. The van der Waals surface area contributed by atoms with Gasteiger partial charge in [-0.2, -0.15) is 0 Å². The van der Waals surface area contributed by atoms with Crippen molar-refractivity contribution in [1.29, 1.82) is 0 Å². The minimum atomic E-state index is -4.33. The maximum Gasteiger partial charge on any atom is 0.335 e. The number of nitrogens with two attached hydrogens (primary N) is 2. The summed E-state index contributed by atoms with van der Waals surface area (Å²) in [5.74, 6) is -2.67. The molecule has 1 rings (SSSR count). The Bertz CT molecular complexity index is 526. The molecule has 0 amide bonds. The summed E-state index contributed by atoms with van der Waals surface area (Å²) < 4.78 is 34.9. The van der Waals surface area contributed by atoms with Crippen LogP contribution in [0.15, 0.2) is 17.0 Å². The van der Waals surface area contributed by atoms with Crippen LogP contribution >= 0.6 is 0 Å². The molecule has 15 heavy (non-hydrogen) atoms. The van der Waals surface area contributed by atoms with Gasteiger partial charge in [-0.1, -0.05) is 0 Å². The zero-order chi connectivity index (χ0) is 11.8. The molecule has 0 heterocycles. The van der Waals surface area contributed by atoms with Crippen molar-refractivity contribution in [1.82, 2.24) is 0 Å². The average Bonchev–Trinajstić information content (AvgIpc) is 2.06. The number of carboxylic acid groups (broad SMARTS) is 1. The fourth-order valence-electron chi connectivity index (χ4n) is 0.950. The lowest BCUT2D eigenvalue weighted by atomic mass is 10.2. The summed E-state index contributed by atoms with van der Waals surface area (Å²) in [6.07, 6.45) is 0. The molecular weight excluding hydrogens is 227 g/mol. The molecule has 0 atom stereocenters. The summed E-state index contributed by atoms with van der Waals surface area (Å²) in [6.45, 7) is 0. The van der Waals surface area contributed by atoms with Gasteiger partial charge in [0.15, 0.2) is 5.82 Å². The van der Waals surface area contributed by atoms with Crippen molar-refractivity contribution in [3.8, 4) is 0 Å². The number of sulfonamides is 1. The van der Waals surface area contributed by atoms with E-state index in [0.29, 0.717) is 6.07 Å². The normalized spacial score (nSPS) is 11.3. The van der Waals surface area contributed by atoms with E-state index in [0.717, 1.165) is 6.07 Å². The molecule has 6 nitrogen and oxygen atoms in total. The molecule has 0 saturated carbocycles. The van der Waals surface area contributed by atoms with Gasteiger partial charge in [0.05, 0.1) is 11.3 Å². The van der Waals surface area contributed by atoms with E-state index in [1.807, 2.05) is 0 Å². The van der Waals surface area contributed by atoms with Crippen molar-refractivity contribution in [3.05, 3.63) is 23.5 Å². The van der Waals surface area contributed by atoms with E-state index in [4.69, 9.17) is 10.8 Å². The number of carboxylic acids is 1. The topological polar surface area (TPSA) is 123 Å². The third-order valence-corrected chi connectivity index (χ3v) is 2.53. The predicted octanol–water partition coefficient (Wildman–Crippen LogP) is -0.246. The lowest BCUT2D eigenvalue weighted by molar-refractivity contribution is 0.0696. The summed E-state index contributed by atoms with van der Waals surface area (Å²) in [5.41, 5.74) is 4.07. The van der Waals surface area contributed by atoms with Gasteiger partial charge in [-0.05, 0) is 12.1 Å². The standard InChI is InChI=1S/C7H7FN2O4S/c8-6-4(9)1-3(7(11)12)2-5(6)15(10,13)14/h1-2H,9H2,(H,11,12)(H2,10,13,14). The van der Waals surface area contributed by atoms with Crippen molar-refractivity contribution < 1.29 is 22.7 Å². The van der Waals surface area contributed by atoms with Gasteiger partial charge >= 0.3 is 5.97 Å². The van der Waals surface area contributed by atoms with Crippen molar-refractivity contribution in [2.45, 2.75) is 4.90 Å². The van der Waals surface area contributed by atoms with Crippen LogP contribution in [-0.4, -0.2) is 19.5 Å². The number of nitrogen functional groups attached to an aromatic ring is 1. The third-order valence-electron chi connectivity index (χ3n) is 1.62. The second-order valence-electron chi connectivity index (χ2n) is 2.73. The van der Waals surface area contributed by atoms with E-state index >= 15 is 0 Å². The molecule has 0 saturated heterocycles. The summed E-state index contributed by atoms with van der Waals surface area (Å²) in [7, 11) is -4.33. The molecule has 82 valence electrons. The van der Waals surface area contributed by atoms with E-state index in [-0.39, 0.29) is 0 Å². The van der Waals surface area contributed by atoms with Crippen LogP contribution in [0.5, 0.6) is 0 Å². The summed E-state index contributed by atoms with van der Waals surface area (Å²) in [5, 5.41) is 13.3. The monoisotopic (exact) mass is 234 g/mol. The minimum Gasteiger partial charge on any atom is -0.478 e. The van der Waals surface area contributed by atoms with E-state index in [9.17, 15) is 17.6 Å². The first-order valence-electron chi connectivity index (χ1n) is 3.58. The van der Waals surface area contributed by atoms with Gasteiger partial charge in [0.1, 0.15) is 4.90 Å². The first-order valence-corrected chi connectivity index (χ1v) is 5.13. The molecule has 0 aliphatic carbocycles. The van der Waals surface area contributed by atoms with Crippen molar-refractivity contribution in [2.75, 3.05) is 5.73 Å². The van der Waals surface area contributed by atoms with Gasteiger partial charge in [0, 0.05) is 0 Å². The molecule has 1 aromatic carbocycles. The lowest BCUT2D eigenvalue weighted by Gasteiger charge is -2.04. The van der Waals surface area contributed by atoms with Gasteiger partial charge in [0.25, 0.3) is 0 Å². The Balaban J connectivity index is 3.59. The molecular formula is C7H7FN2O4S. The maximum atomic E-state index is 13.2. The average molecular weight is 234 g/mol. The molecule has 0 bridgehead atoms. The van der Waals surface area contributed by atoms with Crippen LogP contribution in [-0.2, 0) is 10.0 Å². The molecule has 1 aromatic rings. The second-order valence-corrected chi connectivity index (χ2v) is 4.26. The fraction of sp³-hybridized carbons (Fsp3) is 0. The molecule has 0 aromatic heterocycles. The van der Waals surface area contributed by atoms with Crippen molar-refractivity contribution in [3.63, 3.8) is 0 Å². The predicted molar refractivity (Wildman–Crippen MR) is 49.1 cm³/mol. The Morgan fingerprint density at radius 3 is 2.33 bits per heavy atom. The van der Waals surface area contributed by atoms with Gasteiger partial charge in [-0.15, -0.1) is 0 Å². The van der Waals surface area contributed by atoms with Crippen LogP contribution in [0.4, 0.5) is 10.1 Å². The molecule has 0 aliphatic heterocycles. The molecule has 0 aliphatic rings. The Morgan fingerprint density at radius 2 is 1.93 bits per heavy atom. The zero-order valence-corrected chi connectivity index (χ0v) is 8.08. The highest BCUT2D eigenvalue weighted by atomic mass is 32.2. The van der Waals surface area contributed by atoms with Gasteiger partial charge in [-0.3, -0.25) is 0 Å². The molecule has 0 unspecified atom stereocenters. The largest absolute Gasteiger partial charge is 0.478 e. The Hall–Kier alpha value is -1.67. The Kier molecular flexibility index (Phi) is 2.65. The number of rotatable bonds is 2. The van der Waals surface area contributed by atoms with Crippen molar-refractivity contribution in [2.24, 2.45) is 5.14 Å². The SMILES string of the molecule is Nc1cc(C(=O)O)cc(S(N)(=O)=O)c1F. The minimum absolute atomic E-state index is 0.446. The second kappa shape index (κ2) is 3.48. The molecule has 8 heteroatoms. The summed E-state index contributed by atoms with van der Waals surface area (Å²) >= 11 is 0. The number of carbonyl (C=O) groups is 1. The maximum absolute atomic E-state index is 13.2. The number of benzene rings is 1. The summed E-state index contributed by atoms with van der Waals surface area (Å²) in [4.78, 5) is 9.60. The van der Waals surface area contributed by atoms with Crippen LogP contribution in [0.25, 0.3) is 0 Å². The highest BCUT2D eigenvalue weighted by Crippen LogP contribution is 2.21. The van der Waals surface area contributed by atoms with Gasteiger partial charge in [0.2, 0.25) is 10.0 Å². The number of hydrogen-bond acceptors (Lipinski definition) is 4. The van der Waals surface area contributed by atoms with Crippen LogP contribution in [0, 0.1) is 5.82 Å². The molecule has 0 spiro atoms. The van der Waals surface area contributed by atoms with Crippen LogP contribution in [0.1, 0.15) is 10.4 Å². The first kappa shape index (κ1) is 11.4. The third kappa shape index (κ3) is 2.22. The van der Waals surface area contributed by atoms with E-state index in [1.165, 1.54) is 0 Å². The molecule has 0 radical (unpaired) electrons. The quantitative estimate of drug-likeness (QED) is 0.609. The number of primary sulfonamides is 1. The molecule has 5 N–H and O–H groups in total. The highest BCUT2D eigenvalue weighted by molar-refractivity contribution is 7.89. The van der Waals surface area contributed by atoms with Gasteiger partial charge < -0.3 is 10.8 Å². The number of halogens is 1. The van der Waals surface area contributed by atoms with E-state index in [2.05, 4.69) is 5.14 Å². The van der Waals surface area contributed by atoms with E-state index in [1.54, 1.807) is 0 Å². The van der Waals surface area contributed by atoms with E-state index < -0.39 is 38.0 Å².